The second-order valence-electron chi connectivity index (χ2n) is 3.34. The Morgan fingerprint density at radius 1 is 1.00 bits per heavy atom. The van der Waals surface area contributed by atoms with Crippen molar-refractivity contribution in [1.29, 1.82) is 0 Å². The summed E-state index contributed by atoms with van der Waals surface area (Å²) >= 11 is 0. The zero-order chi connectivity index (χ0) is 9.40. The van der Waals surface area contributed by atoms with Crippen LogP contribution in [0.15, 0.2) is 0 Å². The fourth-order valence-corrected chi connectivity index (χ4v) is 1.14. The first-order valence-corrected chi connectivity index (χ1v) is 4.75. The van der Waals surface area contributed by atoms with Gasteiger partial charge in [0.05, 0.1) is 0 Å². The zero-order valence-corrected chi connectivity index (χ0v) is 8.85. The zero-order valence-electron chi connectivity index (χ0n) is 8.85. The molecule has 0 rings (SSSR count). The van der Waals surface area contributed by atoms with Gasteiger partial charge in [0.25, 0.3) is 0 Å². The minimum Gasteiger partial charge on any atom is -0.318 e. The van der Waals surface area contributed by atoms with Gasteiger partial charge in [0, 0.05) is 32.2 Å². The van der Waals surface area contributed by atoms with Gasteiger partial charge in [-0.25, -0.2) is 0 Å². The van der Waals surface area contributed by atoms with Crippen LogP contribution in [0, 0.1) is 0 Å². The molecule has 0 aliphatic rings. The van der Waals surface area contributed by atoms with E-state index in [0.29, 0.717) is 6.04 Å². The molecule has 74 valence electrons. The number of nitrogens with zero attached hydrogens (tertiary/aromatic N) is 1. The van der Waals surface area contributed by atoms with E-state index in [9.17, 15) is 0 Å². The second kappa shape index (κ2) is 7.53. The smallest absolute Gasteiger partial charge is 0.0110 e. The topological polar surface area (TPSA) is 27.3 Å². The highest BCUT2D eigenvalue weighted by molar-refractivity contribution is 4.64. The Labute approximate surface area is 76.5 Å². The Hall–Kier alpha value is -0.120. The highest BCUT2D eigenvalue weighted by Crippen LogP contribution is 1.95. The monoisotopic (exact) mass is 173 g/mol. The number of nitrogens with one attached hydrogen (secondary N) is 2. The molecule has 3 nitrogen and oxygen atoms in total. The number of likely N-dealkylation sites (N-methyl/N-ethyl adjacent to an activating group) is 2. The predicted octanol–water partition coefficient (Wildman–Crippen LogP) is 0.136. The summed E-state index contributed by atoms with van der Waals surface area (Å²) in [5, 5.41) is 6.33. The minimum absolute atomic E-state index is 0.645. The lowest BCUT2D eigenvalue weighted by molar-refractivity contribution is 0.225. The van der Waals surface area contributed by atoms with E-state index in [1.165, 1.54) is 0 Å². The highest BCUT2D eigenvalue weighted by atomic mass is 15.2. The van der Waals surface area contributed by atoms with E-state index in [2.05, 4.69) is 29.4 Å². The van der Waals surface area contributed by atoms with Gasteiger partial charge in [0.2, 0.25) is 0 Å². The van der Waals surface area contributed by atoms with Gasteiger partial charge in [-0.05, 0) is 27.9 Å². The molecule has 12 heavy (non-hydrogen) atoms. The van der Waals surface area contributed by atoms with Crippen molar-refractivity contribution in [3.8, 4) is 0 Å². The average Bonchev–Trinajstić information content (AvgIpc) is 2.04. The Morgan fingerprint density at radius 3 is 1.67 bits per heavy atom. The lowest BCUT2D eigenvalue weighted by Crippen LogP contribution is -2.39. The van der Waals surface area contributed by atoms with Crippen LogP contribution >= 0.6 is 0 Å². The largest absolute Gasteiger partial charge is 0.318 e. The second-order valence-corrected chi connectivity index (χ2v) is 3.34. The molecule has 0 saturated carbocycles. The van der Waals surface area contributed by atoms with Crippen LogP contribution in [0.1, 0.15) is 13.8 Å². The van der Waals surface area contributed by atoms with Gasteiger partial charge in [-0.3, -0.25) is 4.90 Å². The summed E-state index contributed by atoms with van der Waals surface area (Å²) in [5.41, 5.74) is 0. The molecule has 0 fully saturated rings. The SMILES string of the molecule is CNCCN(CCNC)C(C)C. The molecule has 0 amide bonds. The maximum absolute atomic E-state index is 3.17. The van der Waals surface area contributed by atoms with Crippen molar-refractivity contribution in [3.05, 3.63) is 0 Å². The number of hydrogen-bond acceptors (Lipinski definition) is 3. The van der Waals surface area contributed by atoms with Gasteiger partial charge in [-0.1, -0.05) is 0 Å². The normalized spacial score (nSPS) is 11.5. The molecule has 0 aliphatic carbocycles. The van der Waals surface area contributed by atoms with Crippen LogP contribution in [0.3, 0.4) is 0 Å². The Kier molecular flexibility index (Phi) is 7.45. The van der Waals surface area contributed by atoms with Crippen molar-refractivity contribution >= 4 is 0 Å². The summed E-state index contributed by atoms with van der Waals surface area (Å²) in [5.74, 6) is 0. The predicted molar refractivity (Wildman–Crippen MR) is 54.6 cm³/mol. The van der Waals surface area contributed by atoms with Crippen molar-refractivity contribution in [2.75, 3.05) is 40.3 Å². The summed E-state index contributed by atoms with van der Waals surface area (Å²) in [7, 11) is 3.99. The van der Waals surface area contributed by atoms with E-state index in [1.54, 1.807) is 0 Å². The molecule has 0 bridgehead atoms. The summed E-state index contributed by atoms with van der Waals surface area (Å²) in [6, 6.07) is 0.645. The molecule has 0 heterocycles. The van der Waals surface area contributed by atoms with Crippen LogP contribution in [0.2, 0.25) is 0 Å². The number of rotatable bonds is 7. The van der Waals surface area contributed by atoms with Crippen molar-refractivity contribution in [3.63, 3.8) is 0 Å². The lowest BCUT2D eigenvalue weighted by atomic mass is 10.3. The average molecular weight is 173 g/mol. The molecule has 0 aromatic rings. The van der Waals surface area contributed by atoms with Gasteiger partial charge in [0.1, 0.15) is 0 Å². The Morgan fingerprint density at radius 2 is 1.42 bits per heavy atom. The fourth-order valence-electron chi connectivity index (χ4n) is 1.14. The lowest BCUT2D eigenvalue weighted by Gasteiger charge is -2.26. The molecular weight excluding hydrogens is 150 g/mol. The van der Waals surface area contributed by atoms with Gasteiger partial charge >= 0.3 is 0 Å². The molecule has 0 aliphatic heterocycles. The Balaban J connectivity index is 3.55. The van der Waals surface area contributed by atoms with E-state index >= 15 is 0 Å². The van der Waals surface area contributed by atoms with E-state index in [-0.39, 0.29) is 0 Å². The van der Waals surface area contributed by atoms with Crippen LogP contribution in [0.4, 0.5) is 0 Å². The minimum atomic E-state index is 0.645. The quantitative estimate of drug-likeness (QED) is 0.573. The van der Waals surface area contributed by atoms with E-state index in [1.807, 2.05) is 14.1 Å². The molecule has 0 atom stereocenters. The molecule has 0 saturated heterocycles. The first-order valence-electron chi connectivity index (χ1n) is 4.75. The third-order valence-electron chi connectivity index (χ3n) is 2.03. The van der Waals surface area contributed by atoms with Crippen molar-refractivity contribution in [2.45, 2.75) is 19.9 Å². The summed E-state index contributed by atoms with van der Waals surface area (Å²) in [6.45, 7) is 8.89. The van der Waals surface area contributed by atoms with Crippen molar-refractivity contribution in [1.82, 2.24) is 15.5 Å². The third kappa shape index (κ3) is 5.52. The summed E-state index contributed by atoms with van der Waals surface area (Å²) in [4.78, 5) is 2.47. The highest BCUT2D eigenvalue weighted by Gasteiger charge is 2.06. The molecular formula is C9H23N3. The molecule has 0 spiro atoms. The van der Waals surface area contributed by atoms with E-state index in [0.717, 1.165) is 26.2 Å². The standard InChI is InChI=1S/C9H23N3/c1-9(2)12(7-5-10-3)8-6-11-4/h9-11H,5-8H2,1-4H3. The van der Waals surface area contributed by atoms with Crippen LogP contribution < -0.4 is 10.6 Å². The maximum Gasteiger partial charge on any atom is 0.0110 e. The molecule has 0 aromatic heterocycles. The first-order chi connectivity index (χ1) is 5.72. The van der Waals surface area contributed by atoms with Gasteiger partial charge in [0.15, 0.2) is 0 Å². The van der Waals surface area contributed by atoms with Crippen molar-refractivity contribution < 1.29 is 0 Å². The summed E-state index contributed by atoms with van der Waals surface area (Å²) in [6.07, 6.45) is 0. The van der Waals surface area contributed by atoms with Crippen LogP contribution in [-0.2, 0) is 0 Å². The number of hydrogen-bond donors (Lipinski definition) is 2. The van der Waals surface area contributed by atoms with Crippen LogP contribution in [0.25, 0.3) is 0 Å². The Bertz CT molecular complexity index is 85.8. The van der Waals surface area contributed by atoms with E-state index < -0.39 is 0 Å². The van der Waals surface area contributed by atoms with Gasteiger partial charge in [-0.2, -0.15) is 0 Å². The molecule has 0 aromatic carbocycles. The third-order valence-corrected chi connectivity index (χ3v) is 2.03. The van der Waals surface area contributed by atoms with E-state index in [4.69, 9.17) is 0 Å². The maximum atomic E-state index is 3.17. The molecule has 2 N–H and O–H groups in total. The molecule has 0 unspecified atom stereocenters. The van der Waals surface area contributed by atoms with Crippen LogP contribution in [0.5, 0.6) is 0 Å². The molecule has 3 heteroatoms. The first kappa shape index (κ1) is 11.9. The summed E-state index contributed by atoms with van der Waals surface area (Å²) < 4.78 is 0. The van der Waals surface area contributed by atoms with Crippen LogP contribution in [-0.4, -0.2) is 51.2 Å². The van der Waals surface area contributed by atoms with Gasteiger partial charge < -0.3 is 10.6 Å². The molecule has 0 radical (unpaired) electrons. The van der Waals surface area contributed by atoms with Crippen molar-refractivity contribution in [2.24, 2.45) is 0 Å². The fraction of sp³-hybridized carbons (Fsp3) is 1.00. The van der Waals surface area contributed by atoms with Gasteiger partial charge in [-0.15, -0.1) is 0 Å².